The maximum atomic E-state index is 4.44. The van der Waals surface area contributed by atoms with Gasteiger partial charge in [-0.1, -0.05) is 0 Å². The number of imidazole rings is 1. The molecule has 5 nitrogen and oxygen atoms in total. The Kier molecular flexibility index (Phi) is 2.80. The largest absolute Gasteiger partial charge is 0.369 e. The van der Waals surface area contributed by atoms with Gasteiger partial charge in [0.15, 0.2) is 0 Å². The van der Waals surface area contributed by atoms with Crippen molar-refractivity contribution in [2.24, 2.45) is 4.99 Å². The van der Waals surface area contributed by atoms with Gasteiger partial charge in [0.25, 0.3) is 0 Å². The van der Waals surface area contributed by atoms with Crippen molar-refractivity contribution in [3.63, 3.8) is 0 Å². The summed E-state index contributed by atoms with van der Waals surface area (Å²) < 4.78 is 0. The zero-order valence-corrected chi connectivity index (χ0v) is 10.3. The molecule has 0 unspecified atom stereocenters. The summed E-state index contributed by atoms with van der Waals surface area (Å²) in [6.45, 7) is 3.64. The molecule has 0 atom stereocenters. The Morgan fingerprint density at radius 1 is 1.44 bits per heavy atom. The van der Waals surface area contributed by atoms with Gasteiger partial charge in [-0.05, 0) is 18.6 Å². The number of pyridine rings is 1. The van der Waals surface area contributed by atoms with Crippen molar-refractivity contribution in [3.05, 3.63) is 41.6 Å². The van der Waals surface area contributed by atoms with Crippen LogP contribution in [0.25, 0.3) is 0 Å². The average molecular weight is 241 g/mol. The summed E-state index contributed by atoms with van der Waals surface area (Å²) in [5.74, 6) is 0.936. The van der Waals surface area contributed by atoms with Crippen LogP contribution in [0.1, 0.15) is 23.7 Å². The standard InChI is InChI=1S/C13H15N5/c1-9-12-10(6-17-9)2-4-15-13(12)16-5-3-11-7-14-8-18-11/h2,4,7-8H,3,5-6H2,1H3,(H,14,18)(H,15,16). The molecule has 0 aliphatic carbocycles. The van der Waals surface area contributed by atoms with Gasteiger partial charge >= 0.3 is 0 Å². The summed E-state index contributed by atoms with van der Waals surface area (Å²) in [5, 5.41) is 3.37. The molecule has 2 aromatic rings. The maximum absolute atomic E-state index is 4.44. The molecule has 0 radical (unpaired) electrons. The second-order valence-corrected chi connectivity index (χ2v) is 4.35. The van der Waals surface area contributed by atoms with E-state index in [9.17, 15) is 0 Å². The fraction of sp³-hybridized carbons (Fsp3) is 0.308. The molecule has 2 N–H and O–H groups in total. The Labute approximate surface area is 105 Å². The molecule has 3 heterocycles. The Bertz CT molecular complexity index is 571. The van der Waals surface area contributed by atoms with Gasteiger partial charge in [0, 0.05) is 42.3 Å². The molecule has 0 fully saturated rings. The first kappa shape index (κ1) is 11.0. The van der Waals surface area contributed by atoms with Crippen LogP contribution in [0.4, 0.5) is 5.82 Å². The van der Waals surface area contributed by atoms with Crippen LogP contribution in [0.2, 0.25) is 0 Å². The van der Waals surface area contributed by atoms with Crippen molar-refractivity contribution in [1.82, 2.24) is 15.0 Å². The van der Waals surface area contributed by atoms with Crippen LogP contribution >= 0.6 is 0 Å². The fourth-order valence-electron chi connectivity index (χ4n) is 2.19. The van der Waals surface area contributed by atoms with E-state index in [1.54, 1.807) is 6.33 Å². The lowest BCUT2D eigenvalue weighted by Gasteiger charge is -2.09. The van der Waals surface area contributed by atoms with Gasteiger partial charge in [-0.2, -0.15) is 0 Å². The number of H-pyrrole nitrogens is 1. The molecule has 92 valence electrons. The zero-order chi connectivity index (χ0) is 12.4. The minimum Gasteiger partial charge on any atom is -0.369 e. The van der Waals surface area contributed by atoms with Crippen LogP contribution in [0.3, 0.4) is 0 Å². The quantitative estimate of drug-likeness (QED) is 0.857. The highest BCUT2D eigenvalue weighted by Crippen LogP contribution is 2.24. The summed E-state index contributed by atoms with van der Waals surface area (Å²) in [6.07, 6.45) is 6.29. The second kappa shape index (κ2) is 4.60. The molecule has 1 aliphatic rings. The Hall–Kier alpha value is -2.17. The lowest BCUT2D eigenvalue weighted by molar-refractivity contribution is 0.965. The number of nitrogens with zero attached hydrogens (tertiary/aromatic N) is 3. The average Bonchev–Trinajstić information content (AvgIpc) is 3.00. The van der Waals surface area contributed by atoms with E-state index in [0.717, 1.165) is 36.7 Å². The van der Waals surface area contributed by atoms with Crippen molar-refractivity contribution in [2.45, 2.75) is 19.9 Å². The third kappa shape index (κ3) is 1.99. The third-order valence-electron chi connectivity index (χ3n) is 3.13. The number of hydrogen-bond donors (Lipinski definition) is 2. The van der Waals surface area contributed by atoms with E-state index in [2.05, 4.69) is 25.3 Å². The first-order valence-electron chi connectivity index (χ1n) is 6.05. The fourth-order valence-corrected chi connectivity index (χ4v) is 2.19. The monoisotopic (exact) mass is 241 g/mol. The van der Waals surface area contributed by atoms with Crippen LogP contribution in [0.15, 0.2) is 29.8 Å². The van der Waals surface area contributed by atoms with Crippen molar-refractivity contribution >= 4 is 11.5 Å². The first-order chi connectivity index (χ1) is 8.84. The molecule has 0 aromatic carbocycles. The van der Waals surface area contributed by atoms with Crippen molar-refractivity contribution in [2.75, 3.05) is 11.9 Å². The summed E-state index contributed by atoms with van der Waals surface area (Å²) in [6, 6.07) is 2.04. The Morgan fingerprint density at radius 3 is 3.22 bits per heavy atom. The molecule has 18 heavy (non-hydrogen) atoms. The highest BCUT2D eigenvalue weighted by molar-refractivity contribution is 6.05. The summed E-state index contributed by atoms with van der Waals surface area (Å²) in [7, 11) is 0. The van der Waals surface area contributed by atoms with Crippen LogP contribution in [-0.4, -0.2) is 27.2 Å². The molecule has 5 heteroatoms. The minimum atomic E-state index is 0.777. The molecule has 0 bridgehead atoms. The predicted molar refractivity (Wildman–Crippen MR) is 70.9 cm³/mol. The maximum Gasteiger partial charge on any atom is 0.135 e. The summed E-state index contributed by atoms with van der Waals surface area (Å²) in [4.78, 5) is 15.9. The number of aromatic nitrogens is 3. The predicted octanol–water partition coefficient (Wildman–Crippen LogP) is 1.78. The minimum absolute atomic E-state index is 0.777. The summed E-state index contributed by atoms with van der Waals surface area (Å²) >= 11 is 0. The number of anilines is 1. The zero-order valence-electron chi connectivity index (χ0n) is 10.3. The van der Waals surface area contributed by atoms with Crippen LogP contribution in [-0.2, 0) is 13.0 Å². The number of aromatic amines is 1. The highest BCUT2D eigenvalue weighted by Gasteiger charge is 2.16. The van der Waals surface area contributed by atoms with Crippen molar-refractivity contribution in [3.8, 4) is 0 Å². The molecule has 3 rings (SSSR count). The van der Waals surface area contributed by atoms with Gasteiger partial charge in [-0.25, -0.2) is 9.97 Å². The van der Waals surface area contributed by atoms with Gasteiger partial charge < -0.3 is 10.3 Å². The normalized spacial score (nSPS) is 13.3. The van der Waals surface area contributed by atoms with E-state index in [1.807, 2.05) is 25.4 Å². The molecular weight excluding hydrogens is 226 g/mol. The molecule has 2 aromatic heterocycles. The van der Waals surface area contributed by atoms with E-state index in [-0.39, 0.29) is 0 Å². The third-order valence-corrected chi connectivity index (χ3v) is 3.13. The van der Waals surface area contributed by atoms with Gasteiger partial charge in [0.1, 0.15) is 5.82 Å². The van der Waals surface area contributed by atoms with E-state index in [0.29, 0.717) is 0 Å². The number of fused-ring (bicyclic) bond motifs is 1. The summed E-state index contributed by atoms with van der Waals surface area (Å²) in [5.41, 5.74) is 4.62. The van der Waals surface area contributed by atoms with Crippen molar-refractivity contribution < 1.29 is 0 Å². The van der Waals surface area contributed by atoms with Crippen LogP contribution in [0, 0.1) is 0 Å². The Morgan fingerprint density at radius 2 is 2.39 bits per heavy atom. The van der Waals surface area contributed by atoms with Crippen LogP contribution in [0.5, 0.6) is 0 Å². The lowest BCUT2D eigenvalue weighted by Crippen LogP contribution is -2.10. The SMILES string of the molecule is CC1=NCc2ccnc(NCCc3cnc[nH]3)c21. The smallest absolute Gasteiger partial charge is 0.135 e. The number of aliphatic imine (C=N–C) groups is 1. The molecular formula is C13H15N5. The van der Waals surface area contributed by atoms with Crippen LogP contribution < -0.4 is 5.32 Å². The number of nitrogens with one attached hydrogen (secondary N) is 2. The first-order valence-corrected chi connectivity index (χ1v) is 6.05. The van der Waals surface area contributed by atoms with E-state index >= 15 is 0 Å². The highest BCUT2D eigenvalue weighted by atomic mass is 15.0. The van der Waals surface area contributed by atoms with Gasteiger partial charge in [0.2, 0.25) is 0 Å². The number of rotatable bonds is 4. The van der Waals surface area contributed by atoms with Gasteiger partial charge in [-0.15, -0.1) is 0 Å². The molecule has 0 spiro atoms. The molecule has 0 saturated carbocycles. The van der Waals surface area contributed by atoms with Gasteiger partial charge in [0.05, 0.1) is 12.9 Å². The lowest BCUT2D eigenvalue weighted by atomic mass is 10.1. The molecule has 1 aliphatic heterocycles. The molecule has 0 saturated heterocycles. The van der Waals surface area contributed by atoms with E-state index < -0.39 is 0 Å². The van der Waals surface area contributed by atoms with Gasteiger partial charge in [-0.3, -0.25) is 4.99 Å². The number of hydrogen-bond acceptors (Lipinski definition) is 4. The molecule has 0 amide bonds. The topological polar surface area (TPSA) is 66.0 Å². The second-order valence-electron chi connectivity index (χ2n) is 4.35. The van der Waals surface area contributed by atoms with Crippen molar-refractivity contribution in [1.29, 1.82) is 0 Å². The van der Waals surface area contributed by atoms with E-state index in [4.69, 9.17) is 0 Å². The van der Waals surface area contributed by atoms with E-state index in [1.165, 1.54) is 11.1 Å². The Balaban J connectivity index is 1.70.